The van der Waals surface area contributed by atoms with Crippen molar-refractivity contribution >= 4 is 32.4 Å². The average Bonchev–Trinajstić information content (AvgIpc) is 3.12. The third-order valence-electron chi connectivity index (χ3n) is 5.59. The second kappa shape index (κ2) is 9.97. The molecule has 0 radical (unpaired) electrons. The zero-order chi connectivity index (χ0) is 16.2. The van der Waals surface area contributed by atoms with Crippen LogP contribution in [0.15, 0.2) is 43.2 Å². The van der Waals surface area contributed by atoms with Crippen LogP contribution in [-0.2, 0) is 14.0 Å². The first-order chi connectivity index (χ1) is 10.4. The van der Waals surface area contributed by atoms with Crippen LogP contribution >= 0.6 is 24.8 Å². The Morgan fingerprint density at radius 1 is 0.833 bits per heavy atom. The van der Waals surface area contributed by atoms with E-state index in [1.165, 1.54) is 51.4 Å². The fourth-order valence-electron chi connectivity index (χ4n) is 3.60. The van der Waals surface area contributed by atoms with E-state index in [4.69, 9.17) is 0 Å². The molecule has 4 heteroatoms. The summed E-state index contributed by atoms with van der Waals surface area (Å²) in [6, 6.07) is 0. The summed E-state index contributed by atoms with van der Waals surface area (Å²) in [6.07, 6.45) is 20.5. The molecule has 0 amide bonds. The van der Waals surface area contributed by atoms with Crippen molar-refractivity contribution in [3.8, 4) is 0 Å². The van der Waals surface area contributed by atoms with E-state index in [9.17, 15) is 0 Å². The molecule has 2 aliphatic carbocycles. The number of unbranched alkanes of at least 4 members (excludes halogenated alkanes) is 2. The summed E-state index contributed by atoms with van der Waals surface area (Å²) in [4.78, 5) is 0. The third-order valence-corrected chi connectivity index (χ3v) is 16.9. The van der Waals surface area contributed by atoms with E-state index in [0.29, 0.717) is 0 Å². The van der Waals surface area contributed by atoms with Crippen LogP contribution in [0.2, 0.25) is 10.5 Å². The van der Waals surface area contributed by atoms with Crippen LogP contribution in [0.4, 0.5) is 0 Å². The van der Waals surface area contributed by atoms with Crippen LogP contribution in [0.1, 0.15) is 65.2 Å². The van der Waals surface area contributed by atoms with Gasteiger partial charge in [-0.2, -0.15) is 0 Å². The summed E-state index contributed by atoms with van der Waals surface area (Å²) in [6.45, 7) is 4.58. The largest absolute Gasteiger partial charge is 0.147 e. The molecule has 24 heavy (non-hydrogen) atoms. The molecule has 0 fully saturated rings. The molecular weight excluding hydrogens is 387 g/mol. The molecule has 2 rings (SSSR count). The molecule has 0 nitrogen and oxygen atoms in total. The van der Waals surface area contributed by atoms with Crippen LogP contribution in [0.3, 0.4) is 0 Å². The standard InChI is InChI=1S/2C9H13.2CH3.2ClH.H2Si.Ti/c2*1-2-3-6-9-7-4-5-8-9;;;;;;/h2*7-8H,2-4,6H2,1H3;2*1H3;2*1H;1H2;. The quantitative estimate of drug-likeness (QED) is 0.370. The van der Waals surface area contributed by atoms with Gasteiger partial charge in [-0.15, -0.1) is 24.8 Å². The van der Waals surface area contributed by atoms with Gasteiger partial charge >= 0.3 is 141 Å². The Labute approximate surface area is 164 Å². The molecule has 0 atom stereocenters. The van der Waals surface area contributed by atoms with Crippen LogP contribution in [0.5, 0.6) is 0 Å². The van der Waals surface area contributed by atoms with Crippen molar-refractivity contribution in [3.05, 3.63) is 43.2 Å². The van der Waals surface area contributed by atoms with Gasteiger partial charge in [0, 0.05) is 0 Å². The maximum absolute atomic E-state index is 2.64. The normalized spacial score (nSPS) is 17.4. The maximum Gasteiger partial charge on any atom is -0.147 e. The van der Waals surface area contributed by atoms with Crippen molar-refractivity contribution in [2.24, 2.45) is 0 Å². The van der Waals surface area contributed by atoms with E-state index in [2.05, 4.69) is 56.2 Å². The zero-order valence-corrected chi connectivity index (χ0v) is 20.6. The van der Waals surface area contributed by atoms with Gasteiger partial charge in [0.25, 0.3) is 0 Å². The Kier molecular flexibility index (Phi) is 10.2. The van der Waals surface area contributed by atoms with Gasteiger partial charge in [0.15, 0.2) is 0 Å². The van der Waals surface area contributed by atoms with E-state index in [1.807, 2.05) is 0 Å². The molecule has 0 bridgehead atoms. The van der Waals surface area contributed by atoms with Crippen LogP contribution in [0.25, 0.3) is 0 Å². The molecular formula is C20H36Cl2SiTi. The molecule has 0 aromatic rings. The monoisotopic (exact) mass is 422 g/mol. The summed E-state index contributed by atoms with van der Waals surface area (Å²) >= 11 is -2.61. The molecule has 0 saturated heterocycles. The van der Waals surface area contributed by atoms with Gasteiger partial charge in [0.2, 0.25) is 0 Å². The number of hydrogen-bond acceptors (Lipinski definition) is 0. The minimum absolute atomic E-state index is 0. The van der Waals surface area contributed by atoms with Crippen molar-refractivity contribution in [2.75, 3.05) is 0 Å². The summed E-state index contributed by atoms with van der Waals surface area (Å²) in [7, 11) is 2.38. The van der Waals surface area contributed by atoms with E-state index in [-0.39, 0.29) is 24.8 Å². The Bertz CT molecular complexity index is 570. The van der Waals surface area contributed by atoms with Crippen LogP contribution in [-0.4, -0.2) is 7.63 Å². The fourth-order valence-corrected chi connectivity index (χ4v) is 10.7. The molecule has 0 saturated carbocycles. The van der Waals surface area contributed by atoms with Gasteiger partial charge < -0.3 is 0 Å². The molecule has 0 unspecified atom stereocenters. The number of halogens is 2. The molecule has 2 aliphatic rings. The van der Waals surface area contributed by atoms with Gasteiger partial charge in [-0.1, -0.05) is 0 Å². The molecule has 0 aromatic carbocycles. The van der Waals surface area contributed by atoms with Gasteiger partial charge in [-0.25, -0.2) is 0 Å². The van der Waals surface area contributed by atoms with E-state index in [1.54, 1.807) is 18.9 Å². The molecule has 0 aliphatic heterocycles. The third kappa shape index (κ3) is 5.74. The number of rotatable bonds is 8. The van der Waals surface area contributed by atoms with Gasteiger partial charge in [-0.05, 0) is 0 Å². The first-order valence-electron chi connectivity index (χ1n) is 9.23. The SMILES string of the molecule is CCCCC1=CC[C]([Ti]([CH3])([CH3])(=[SiH2])[C]2=CC(CCCC)=CC2)=C1.Cl.Cl. The Balaban J connectivity index is 0.00000264. The van der Waals surface area contributed by atoms with Crippen molar-refractivity contribution in [1.82, 2.24) is 0 Å². The van der Waals surface area contributed by atoms with Crippen molar-refractivity contribution < 1.29 is 14.0 Å². The Hall–Kier alpha value is 0.471. The number of hydrogen-bond donors (Lipinski definition) is 0. The van der Waals surface area contributed by atoms with E-state index < -0.39 is 14.0 Å². The Morgan fingerprint density at radius 2 is 1.21 bits per heavy atom. The molecule has 0 heterocycles. The second-order valence-electron chi connectivity index (χ2n) is 8.20. The molecule has 0 aromatic heterocycles. The average molecular weight is 423 g/mol. The van der Waals surface area contributed by atoms with Crippen molar-refractivity contribution in [2.45, 2.75) is 75.7 Å². The number of allylic oxidation sites excluding steroid dienone is 8. The van der Waals surface area contributed by atoms with Gasteiger partial charge in [0.1, 0.15) is 0 Å². The first-order valence-corrected chi connectivity index (χ1v) is 17.9. The van der Waals surface area contributed by atoms with Crippen molar-refractivity contribution in [1.29, 1.82) is 0 Å². The Morgan fingerprint density at radius 3 is 1.54 bits per heavy atom. The summed E-state index contributed by atoms with van der Waals surface area (Å²) in [5.41, 5.74) is 3.22. The van der Waals surface area contributed by atoms with Crippen LogP contribution < -0.4 is 0 Å². The summed E-state index contributed by atoms with van der Waals surface area (Å²) in [5.74, 6) is 0. The summed E-state index contributed by atoms with van der Waals surface area (Å²) in [5, 5.41) is 5.28. The molecule has 0 spiro atoms. The van der Waals surface area contributed by atoms with E-state index >= 15 is 0 Å². The first kappa shape index (κ1) is 24.5. The zero-order valence-electron chi connectivity index (χ0n) is 16.0. The van der Waals surface area contributed by atoms with E-state index in [0.717, 1.165) is 0 Å². The predicted molar refractivity (Wildman–Crippen MR) is 115 cm³/mol. The molecule has 0 N–H and O–H groups in total. The van der Waals surface area contributed by atoms with Gasteiger partial charge in [-0.3, -0.25) is 0 Å². The minimum atomic E-state index is -2.61. The second-order valence-corrected chi connectivity index (χ2v) is 27.3. The summed E-state index contributed by atoms with van der Waals surface area (Å²) < 4.78 is 3.61. The maximum atomic E-state index is 2.64. The topological polar surface area (TPSA) is 0 Å². The fraction of sp³-hybridized carbons (Fsp3) is 0.600. The minimum Gasteiger partial charge on any atom is -0.147 e. The van der Waals surface area contributed by atoms with Gasteiger partial charge in [0.05, 0.1) is 0 Å². The van der Waals surface area contributed by atoms with Crippen molar-refractivity contribution in [3.63, 3.8) is 0 Å². The van der Waals surface area contributed by atoms with Crippen LogP contribution in [0, 0.1) is 0 Å². The predicted octanol–water partition coefficient (Wildman–Crippen LogP) is 6.97. The smallest absolute Gasteiger partial charge is 0.147 e. The molecule has 138 valence electrons.